The van der Waals surface area contributed by atoms with Gasteiger partial charge in [-0.3, -0.25) is 4.79 Å². The minimum Gasteiger partial charge on any atom is -0.453 e. The lowest BCUT2D eigenvalue weighted by atomic mass is 10.1. The van der Waals surface area contributed by atoms with Gasteiger partial charge in [0.25, 0.3) is 0 Å². The first-order chi connectivity index (χ1) is 9.58. The summed E-state index contributed by atoms with van der Waals surface area (Å²) in [6, 6.07) is 9.80. The van der Waals surface area contributed by atoms with E-state index in [0.717, 1.165) is 6.07 Å². The Morgan fingerprint density at radius 1 is 1.10 bits per heavy atom. The third kappa shape index (κ3) is 1.98. The number of ketones is 1. The van der Waals surface area contributed by atoms with E-state index in [4.69, 9.17) is 16.0 Å². The van der Waals surface area contributed by atoms with Gasteiger partial charge in [0.15, 0.2) is 17.4 Å². The van der Waals surface area contributed by atoms with Crippen LogP contribution in [-0.2, 0) is 0 Å². The van der Waals surface area contributed by atoms with Gasteiger partial charge in [0.2, 0.25) is 5.78 Å². The molecule has 0 N–H and O–H groups in total. The molecule has 0 amide bonds. The van der Waals surface area contributed by atoms with Gasteiger partial charge in [-0.05, 0) is 30.3 Å². The van der Waals surface area contributed by atoms with E-state index >= 15 is 0 Å². The fourth-order valence-corrected chi connectivity index (χ4v) is 2.17. The van der Waals surface area contributed by atoms with Crippen molar-refractivity contribution in [3.63, 3.8) is 0 Å². The zero-order chi connectivity index (χ0) is 14.3. The molecule has 3 rings (SSSR count). The van der Waals surface area contributed by atoms with E-state index < -0.39 is 17.4 Å². The third-order valence-corrected chi connectivity index (χ3v) is 3.26. The van der Waals surface area contributed by atoms with E-state index in [1.54, 1.807) is 18.2 Å². The number of benzene rings is 2. The van der Waals surface area contributed by atoms with E-state index in [-0.39, 0.29) is 11.3 Å². The molecule has 0 atom stereocenters. The monoisotopic (exact) mass is 292 g/mol. The zero-order valence-electron chi connectivity index (χ0n) is 9.99. The summed E-state index contributed by atoms with van der Waals surface area (Å²) >= 11 is 5.97. The molecule has 0 unspecified atom stereocenters. The maximum absolute atomic E-state index is 13.6. The van der Waals surface area contributed by atoms with Crippen LogP contribution in [0.25, 0.3) is 11.0 Å². The molecule has 3 aromatic rings. The highest BCUT2D eigenvalue weighted by atomic mass is 35.5. The molecule has 0 saturated heterocycles. The number of halogens is 3. The van der Waals surface area contributed by atoms with Crippen LogP contribution in [0.15, 0.2) is 46.9 Å². The first kappa shape index (κ1) is 12.8. The molecule has 0 aliphatic carbocycles. The first-order valence-electron chi connectivity index (χ1n) is 5.74. The van der Waals surface area contributed by atoms with E-state index in [1.807, 2.05) is 0 Å². The Bertz CT molecular complexity index is 824. The van der Waals surface area contributed by atoms with Crippen LogP contribution < -0.4 is 0 Å². The summed E-state index contributed by atoms with van der Waals surface area (Å²) in [4.78, 5) is 12.2. The van der Waals surface area contributed by atoms with Crippen molar-refractivity contribution in [3.05, 3.63) is 70.4 Å². The van der Waals surface area contributed by atoms with Gasteiger partial charge in [-0.2, -0.15) is 0 Å². The second-order valence-electron chi connectivity index (χ2n) is 4.19. The van der Waals surface area contributed by atoms with E-state index in [0.29, 0.717) is 16.0 Å². The van der Waals surface area contributed by atoms with Crippen molar-refractivity contribution in [3.8, 4) is 0 Å². The SMILES string of the molecule is O=C(c1cc2c(Cl)cccc2o1)c1cccc(F)c1F. The lowest BCUT2D eigenvalue weighted by molar-refractivity contribution is 0.101. The van der Waals surface area contributed by atoms with Crippen LogP contribution in [0.5, 0.6) is 0 Å². The summed E-state index contributed by atoms with van der Waals surface area (Å²) in [5.74, 6) is -3.08. The van der Waals surface area contributed by atoms with Crippen LogP contribution in [0.2, 0.25) is 5.02 Å². The molecule has 2 nitrogen and oxygen atoms in total. The van der Waals surface area contributed by atoms with Crippen LogP contribution in [0.3, 0.4) is 0 Å². The first-order valence-corrected chi connectivity index (χ1v) is 6.12. The highest BCUT2D eigenvalue weighted by Crippen LogP contribution is 2.28. The average Bonchev–Trinajstić information content (AvgIpc) is 2.87. The minimum atomic E-state index is -1.19. The van der Waals surface area contributed by atoms with Crippen LogP contribution in [0.1, 0.15) is 16.1 Å². The number of hydrogen-bond donors (Lipinski definition) is 0. The highest BCUT2D eigenvalue weighted by Gasteiger charge is 2.20. The maximum Gasteiger partial charge on any atom is 0.231 e. The largest absolute Gasteiger partial charge is 0.453 e. The Labute approximate surface area is 117 Å². The van der Waals surface area contributed by atoms with Crippen molar-refractivity contribution in [1.29, 1.82) is 0 Å². The van der Waals surface area contributed by atoms with Gasteiger partial charge < -0.3 is 4.42 Å². The molecule has 1 heterocycles. The van der Waals surface area contributed by atoms with Gasteiger partial charge >= 0.3 is 0 Å². The Morgan fingerprint density at radius 3 is 2.60 bits per heavy atom. The fraction of sp³-hybridized carbons (Fsp3) is 0. The molecule has 0 fully saturated rings. The molecule has 20 heavy (non-hydrogen) atoms. The van der Waals surface area contributed by atoms with Gasteiger partial charge in [-0.1, -0.05) is 23.7 Å². The molecule has 5 heteroatoms. The summed E-state index contributed by atoms with van der Waals surface area (Å²) in [6.07, 6.45) is 0. The van der Waals surface area contributed by atoms with E-state index in [1.165, 1.54) is 18.2 Å². The van der Waals surface area contributed by atoms with Gasteiger partial charge in [0.1, 0.15) is 5.58 Å². The summed E-state index contributed by atoms with van der Waals surface area (Å²) in [7, 11) is 0. The fourth-order valence-electron chi connectivity index (χ4n) is 1.95. The molecule has 0 aliphatic heterocycles. The van der Waals surface area contributed by atoms with Crippen molar-refractivity contribution in [2.75, 3.05) is 0 Å². The van der Waals surface area contributed by atoms with Crippen molar-refractivity contribution in [1.82, 2.24) is 0 Å². The number of rotatable bonds is 2. The number of carbonyl (C=O) groups is 1. The number of fused-ring (bicyclic) bond motifs is 1. The van der Waals surface area contributed by atoms with Crippen molar-refractivity contribution >= 4 is 28.4 Å². The van der Waals surface area contributed by atoms with Crippen molar-refractivity contribution in [2.45, 2.75) is 0 Å². The number of hydrogen-bond acceptors (Lipinski definition) is 2. The van der Waals surface area contributed by atoms with Crippen LogP contribution in [-0.4, -0.2) is 5.78 Å². The van der Waals surface area contributed by atoms with Gasteiger partial charge in [-0.25, -0.2) is 8.78 Å². The molecule has 2 aromatic carbocycles. The summed E-state index contributed by atoms with van der Waals surface area (Å²) < 4.78 is 32.1. The predicted octanol–water partition coefficient (Wildman–Crippen LogP) is 4.60. The van der Waals surface area contributed by atoms with Gasteiger partial charge in [0.05, 0.1) is 10.6 Å². The van der Waals surface area contributed by atoms with Gasteiger partial charge in [-0.15, -0.1) is 0 Å². The van der Waals surface area contributed by atoms with Crippen LogP contribution in [0, 0.1) is 11.6 Å². The second-order valence-corrected chi connectivity index (χ2v) is 4.60. The molecule has 0 spiro atoms. The minimum absolute atomic E-state index is 0.0856. The van der Waals surface area contributed by atoms with Gasteiger partial charge in [0, 0.05) is 5.39 Å². The molecule has 0 aliphatic rings. The van der Waals surface area contributed by atoms with Crippen LogP contribution in [0.4, 0.5) is 8.78 Å². The Balaban J connectivity index is 2.13. The van der Waals surface area contributed by atoms with Crippen molar-refractivity contribution < 1.29 is 18.0 Å². The molecule has 1 aromatic heterocycles. The summed E-state index contributed by atoms with van der Waals surface area (Å²) in [5, 5.41) is 0.972. The molecule has 0 saturated carbocycles. The van der Waals surface area contributed by atoms with Crippen molar-refractivity contribution in [2.24, 2.45) is 0 Å². The molecule has 100 valence electrons. The molecule has 0 radical (unpaired) electrons. The molecular weight excluding hydrogens is 286 g/mol. The predicted molar refractivity (Wildman–Crippen MR) is 71.0 cm³/mol. The Hall–Kier alpha value is -2.20. The second kappa shape index (κ2) is 4.72. The Morgan fingerprint density at radius 2 is 1.85 bits per heavy atom. The van der Waals surface area contributed by atoms with Crippen LogP contribution >= 0.6 is 11.6 Å². The number of carbonyl (C=O) groups excluding carboxylic acids is 1. The Kier molecular flexibility index (Phi) is 3.03. The molecular formula is C15H7ClF2O2. The zero-order valence-corrected chi connectivity index (χ0v) is 10.7. The summed E-state index contributed by atoms with van der Waals surface area (Å²) in [6.45, 7) is 0. The van der Waals surface area contributed by atoms with E-state index in [9.17, 15) is 13.6 Å². The third-order valence-electron chi connectivity index (χ3n) is 2.93. The highest BCUT2D eigenvalue weighted by molar-refractivity contribution is 6.35. The summed E-state index contributed by atoms with van der Waals surface area (Å²) in [5.41, 5.74) is 0.0397. The average molecular weight is 293 g/mol. The number of furan rings is 1. The smallest absolute Gasteiger partial charge is 0.231 e. The molecule has 0 bridgehead atoms. The topological polar surface area (TPSA) is 30.2 Å². The quantitative estimate of drug-likeness (QED) is 0.646. The lowest BCUT2D eigenvalue weighted by Crippen LogP contribution is -2.04. The van der Waals surface area contributed by atoms with E-state index in [2.05, 4.69) is 0 Å². The maximum atomic E-state index is 13.6. The lowest BCUT2D eigenvalue weighted by Gasteiger charge is -2.00. The standard InChI is InChI=1S/C15H7ClF2O2/c16-10-4-2-6-12-9(10)7-13(20-12)15(19)8-3-1-5-11(17)14(8)18/h1-7H. The normalized spacial score (nSPS) is 10.9.